The number of alkyl halides is 3. The monoisotopic (exact) mass is 369 g/mol. The summed E-state index contributed by atoms with van der Waals surface area (Å²) in [6.07, 6.45) is -3.42. The molecule has 0 radical (unpaired) electrons. The molecule has 2 unspecified atom stereocenters. The highest BCUT2D eigenvalue weighted by Gasteiger charge is 2.34. The Kier molecular flexibility index (Phi) is 9.34. The Bertz CT molecular complexity index is 330. The van der Waals surface area contributed by atoms with Crippen molar-refractivity contribution in [2.75, 3.05) is 37.8 Å². The molecule has 2 saturated heterocycles. The Morgan fingerprint density at radius 1 is 1.38 bits per heavy atom. The van der Waals surface area contributed by atoms with Gasteiger partial charge in [-0.1, -0.05) is 0 Å². The third-order valence-corrected chi connectivity index (χ3v) is 4.31. The van der Waals surface area contributed by atoms with Crippen LogP contribution >= 0.6 is 36.6 Å². The van der Waals surface area contributed by atoms with E-state index < -0.39 is 12.7 Å². The molecule has 2 N–H and O–H groups in total. The molecule has 0 bridgehead atoms. The zero-order valence-electron chi connectivity index (χ0n) is 11.3. The minimum atomic E-state index is -4.14. The Morgan fingerprint density at radius 3 is 2.67 bits per heavy atom. The third kappa shape index (κ3) is 7.27. The largest absolute Gasteiger partial charge is 0.401 e. The minimum Gasteiger partial charge on any atom is -0.354 e. The van der Waals surface area contributed by atoms with Crippen molar-refractivity contribution < 1.29 is 18.0 Å². The topological polar surface area (TPSA) is 44.4 Å². The van der Waals surface area contributed by atoms with Gasteiger partial charge < -0.3 is 5.32 Å². The number of carbonyl (C=O) groups excluding carboxylic acids is 1. The van der Waals surface area contributed by atoms with Gasteiger partial charge in [0.15, 0.2) is 0 Å². The normalized spacial score (nSPS) is 26.0. The molecule has 0 aromatic rings. The molecular formula is C11H20Cl2F3N3OS. The SMILES string of the molecule is Cl.Cl.O=C(NCC1CCN(CC(F)(F)F)C1)C1CSCN1. The average molecular weight is 370 g/mol. The summed E-state index contributed by atoms with van der Waals surface area (Å²) in [4.78, 5) is 13.1. The summed E-state index contributed by atoms with van der Waals surface area (Å²) in [5.41, 5.74) is 0. The van der Waals surface area contributed by atoms with E-state index in [1.807, 2.05) is 0 Å². The lowest BCUT2D eigenvalue weighted by Gasteiger charge is -2.18. The molecule has 0 aromatic carbocycles. The highest BCUT2D eigenvalue weighted by atomic mass is 35.5. The van der Waals surface area contributed by atoms with Crippen molar-refractivity contribution in [2.45, 2.75) is 18.6 Å². The Morgan fingerprint density at radius 2 is 2.10 bits per heavy atom. The molecule has 0 aliphatic carbocycles. The molecule has 0 saturated carbocycles. The van der Waals surface area contributed by atoms with Crippen LogP contribution in [0.4, 0.5) is 13.2 Å². The highest BCUT2D eigenvalue weighted by Crippen LogP contribution is 2.22. The zero-order valence-corrected chi connectivity index (χ0v) is 13.8. The molecule has 2 aliphatic rings. The molecule has 2 heterocycles. The van der Waals surface area contributed by atoms with Gasteiger partial charge in [-0.3, -0.25) is 15.0 Å². The molecule has 0 spiro atoms. The standard InChI is InChI=1S/C11H18F3N3OS.2ClH/c12-11(13,14)6-17-2-1-8(4-17)3-15-10(18)9-5-19-7-16-9;;/h8-9,16H,1-7H2,(H,15,18);2*1H. The van der Waals surface area contributed by atoms with Crippen LogP contribution in [0.2, 0.25) is 0 Å². The molecule has 2 aliphatic heterocycles. The van der Waals surface area contributed by atoms with Crippen LogP contribution in [0.15, 0.2) is 0 Å². The summed E-state index contributed by atoms with van der Waals surface area (Å²) in [5, 5.41) is 5.89. The summed E-state index contributed by atoms with van der Waals surface area (Å²) >= 11 is 1.67. The number of carbonyl (C=O) groups is 1. The lowest BCUT2D eigenvalue weighted by atomic mass is 10.1. The van der Waals surface area contributed by atoms with Crippen molar-refractivity contribution in [3.8, 4) is 0 Å². The van der Waals surface area contributed by atoms with Crippen molar-refractivity contribution >= 4 is 42.5 Å². The van der Waals surface area contributed by atoms with Gasteiger partial charge in [-0.2, -0.15) is 13.2 Å². The summed E-state index contributed by atoms with van der Waals surface area (Å²) < 4.78 is 36.7. The molecule has 2 rings (SSSR count). The predicted molar refractivity (Wildman–Crippen MR) is 82.4 cm³/mol. The number of rotatable bonds is 4. The summed E-state index contributed by atoms with van der Waals surface area (Å²) in [7, 11) is 0. The Hall–Kier alpha value is 0.110. The summed E-state index contributed by atoms with van der Waals surface area (Å²) in [6.45, 7) is 0.485. The van der Waals surface area contributed by atoms with E-state index in [0.717, 1.165) is 11.6 Å². The number of amides is 1. The van der Waals surface area contributed by atoms with Gasteiger partial charge in [0.1, 0.15) is 0 Å². The fourth-order valence-corrected chi connectivity index (χ4v) is 3.35. The van der Waals surface area contributed by atoms with E-state index in [4.69, 9.17) is 0 Å². The van der Waals surface area contributed by atoms with Gasteiger partial charge in [-0.05, 0) is 18.9 Å². The number of nitrogens with zero attached hydrogens (tertiary/aromatic N) is 1. The van der Waals surface area contributed by atoms with Gasteiger partial charge in [0, 0.05) is 24.7 Å². The third-order valence-electron chi connectivity index (χ3n) is 3.37. The molecular weight excluding hydrogens is 350 g/mol. The van der Waals surface area contributed by atoms with E-state index in [2.05, 4.69) is 10.6 Å². The predicted octanol–water partition coefficient (Wildman–Crippen LogP) is 1.49. The summed E-state index contributed by atoms with van der Waals surface area (Å²) in [6, 6.07) is -0.155. The molecule has 0 aromatic heterocycles. The fraction of sp³-hybridized carbons (Fsp3) is 0.909. The highest BCUT2D eigenvalue weighted by molar-refractivity contribution is 7.99. The number of hydrogen-bond donors (Lipinski definition) is 2. The fourth-order valence-electron chi connectivity index (χ4n) is 2.41. The minimum absolute atomic E-state index is 0. The van der Waals surface area contributed by atoms with Gasteiger partial charge in [0.25, 0.3) is 0 Å². The molecule has 126 valence electrons. The van der Waals surface area contributed by atoms with Gasteiger partial charge in [-0.25, -0.2) is 0 Å². The van der Waals surface area contributed by atoms with Crippen LogP contribution in [0.25, 0.3) is 0 Å². The maximum Gasteiger partial charge on any atom is 0.401 e. The van der Waals surface area contributed by atoms with E-state index in [-0.39, 0.29) is 42.7 Å². The molecule has 2 fully saturated rings. The lowest BCUT2D eigenvalue weighted by Crippen LogP contribution is -2.44. The molecule has 21 heavy (non-hydrogen) atoms. The van der Waals surface area contributed by atoms with Crippen LogP contribution in [0.3, 0.4) is 0 Å². The molecule has 2 atom stereocenters. The first-order valence-electron chi connectivity index (χ1n) is 6.32. The van der Waals surface area contributed by atoms with Gasteiger partial charge in [0.05, 0.1) is 12.6 Å². The number of nitrogens with one attached hydrogen (secondary N) is 2. The Balaban J connectivity index is 0.00000200. The zero-order chi connectivity index (χ0) is 13.9. The maximum atomic E-state index is 12.2. The van der Waals surface area contributed by atoms with Crippen molar-refractivity contribution in [3.63, 3.8) is 0 Å². The van der Waals surface area contributed by atoms with Crippen LogP contribution in [0.5, 0.6) is 0 Å². The first-order chi connectivity index (χ1) is 8.94. The average Bonchev–Trinajstić information content (AvgIpc) is 2.94. The number of hydrogen-bond acceptors (Lipinski definition) is 4. The van der Waals surface area contributed by atoms with E-state index in [1.54, 1.807) is 11.8 Å². The number of halogens is 5. The van der Waals surface area contributed by atoms with Crippen molar-refractivity contribution in [1.29, 1.82) is 0 Å². The van der Waals surface area contributed by atoms with E-state index in [1.165, 1.54) is 4.90 Å². The van der Waals surface area contributed by atoms with Crippen LogP contribution in [0, 0.1) is 5.92 Å². The lowest BCUT2D eigenvalue weighted by molar-refractivity contribution is -0.143. The van der Waals surface area contributed by atoms with Gasteiger partial charge >= 0.3 is 6.18 Å². The van der Waals surface area contributed by atoms with Crippen molar-refractivity contribution in [1.82, 2.24) is 15.5 Å². The smallest absolute Gasteiger partial charge is 0.354 e. The van der Waals surface area contributed by atoms with Crippen molar-refractivity contribution in [2.24, 2.45) is 5.92 Å². The van der Waals surface area contributed by atoms with Crippen LogP contribution in [-0.2, 0) is 4.79 Å². The molecule has 4 nitrogen and oxygen atoms in total. The Labute approximate surface area is 138 Å². The maximum absolute atomic E-state index is 12.2. The first kappa shape index (κ1) is 21.1. The van der Waals surface area contributed by atoms with E-state index in [0.29, 0.717) is 26.1 Å². The van der Waals surface area contributed by atoms with Crippen LogP contribution in [-0.4, -0.2) is 60.8 Å². The van der Waals surface area contributed by atoms with Gasteiger partial charge in [0.2, 0.25) is 5.91 Å². The quantitative estimate of drug-likeness (QED) is 0.787. The van der Waals surface area contributed by atoms with Gasteiger partial charge in [-0.15, -0.1) is 36.6 Å². The number of likely N-dealkylation sites (tertiary alicyclic amines) is 1. The second-order valence-corrected chi connectivity index (χ2v) is 6.05. The second-order valence-electron chi connectivity index (χ2n) is 5.02. The molecule has 1 amide bonds. The van der Waals surface area contributed by atoms with Crippen LogP contribution < -0.4 is 10.6 Å². The van der Waals surface area contributed by atoms with Crippen LogP contribution in [0.1, 0.15) is 6.42 Å². The second kappa shape index (κ2) is 9.29. The van der Waals surface area contributed by atoms with Crippen molar-refractivity contribution in [3.05, 3.63) is 0 Å². The summed E-state index contributed by atoms with van der Waals surface area (Å²) in [5.74, 6) is 1.62. The van der Waals surface area contributed by atoms with E-state index >= 15 is 0 Å². The number of thioether (sulfide) groups is 1. The first-order valence-corrected chi connectivity index (χ1v) is 7.47. The molecule has 10 heteroatoms. The van der Waals surface area contributed by atoms with E-state index in [9.17, 15) is 18.0 Å².